The summed E-state index contributed by atoms with van der Waals surface area (Å²) in [5.74, 6) is 0.607. The van der Waals surface area contributed by atoms with Crippen LogP contribution in [0, 0.1) is 17.3 Å². The highest BCUT2D eigenvalue weighted by Gasteiger charge is 2.58. The number of carbonyl (C=O) groups is 1. The number of nitrogens with one attached hydrogen (secondary N) is 1. The Bertz CT molecular complexity index is 493. The summed E-state index contributed by atoms with van der Waals surface area (Å²) in [6, 6.07) is 0. The third kappa shape index (κ3) is 2.67. The molecule has 1 aliphatic heterocycles. The highest BCUT2D eigenvalue weighted by Crippen LogP contribution is 2.60. The second kappa shape index (κ2) is 5.09. The van der Waals surface area contributed by atoms with Gasteiger partial charge in [0.25, 0.3) is 0 Å². The molecule has 0 aromatic heterocycles. The van der Waals surface area contributed by atoms with Crippen molar-refractivity contribution in [2.75, 3.05) is 19.3 Å². The monoisotopic (exact) mass is 299 g/mol. The highest BCUT2D eigenvalue weighted by molar-refractivity contribution is 7.91. The van der Waals surface area contributed by atoms with E-state index in [0.29, 0.717) is 12.2 Å². The zero-order valence-corrected chi connectivity index (χ0v) is 13.0. The Kier molecular flexibility index (Phi) is 3.70. The first-order valence-corrected chi connectivity index (χ1v) is 9.81. The first-order chi connectivity index (χ1) is 9.42. The summed E-state index contributed by atoms with van der Waals surface area (Å²) in [7, 11) is -2.99. The van der Waals surface area contributed by atoms with Gasteiger partial charge in [-0.05, 0) is 57.0 Å². The zero-order valence-electron chi connectivity index (χ0n) is 12.2. The van der Waals surface area contributed by atoms with Gasteiger partial charge in [0, 0.05) is 18.1 Å². The summed E-state index contributed by atoms with van der Waals surface area (Å²) in [6.07, 6.45) is 7.69. The molecule has 3 rings (SSSR count). The second-order valence-corrected chi connectivity index (χ2v) is 9.41. The fourth-order valence-corrected chi connectivity index (χ4v) is 5.48. The van der Waals surface area contributed by atoms with Crippen LogP contribution in [0.3, 0.4) is 0 Å². The van der Waals surface area contributed by atoms with E-state index in [-0.39, 0.29) is 22.5 Å². The summed E-state index contributed by atoms with van der Waals surface area (Å²) < 4.78 is 23.4. The summed E-state index contributed by atoms with van der Waals surface area (Å²) in [4.78, 5) is 12.7. The van der Waals surface area contributed by atoms with E-state index in [2.05, 4.69) is 5.32 Å². The molecule has 0 aromatic rings. The molecule has 0 amide bonds. The number of sulfone groups is 1. The highest BCUT2D eigenvalue weighted by atomic mass is 32.2. The van der Waals surface area contributed by atoms with E-state index in [9.17, 15) is 13.2 Å². The van der Waals surface area contributed by atoms with E-state index in [4.69, 9.17) is 0 Å². The molecule has 114 valence electrons. The Morgan fingerprint density at radius 3 is 2.55 bits per heavy atom. The van der Waals surface area contributed by atoms with Crippen molar-refractivity contribution in [3.8, 4) is 0 Å². The quantitative estimate of drug-likeness (QED) is 0.859. The predicted molar refractivity (Wildman–Crippen MR) is 78.2 cm³/mol. The van der Waals surface area contributed by atoms with Crippen LogP contribution in [0.5, 0.6) is 0 Å². The molecule has 2 aliphatic carbocycles. The van der Waals surface area contributed by atoms with Crippen LogP contribution in [0.25, 0.3) is 0 Å². The minimum atomic E-state index is -2.99. The minimum Gasteiger partial charge on any atom is -0.317 e. The Balaban J connectivity index is 1.63. The molecule has 1 N–H and O–H groups in total. The summed E-state index contributed by atoms with van der Waals surface area (Å²) in [5.41, 5.74) is 0.278. The Labute approximate surface area is 121 Å². The average Bonchev–Trinajstić information content (AvgIpc) is 3.11. The maximum absolute atomic E-state index is 12.7. The fourth-order valence-electron chi connectivity index (χ4n) is 4.30. The van der Waals surface area contributed by atoms with Gasteiger partial charge in [0.1, 0.15) is 15.6 Å². The Morgan fingerprint density at radius 1 is 1.20 bits per heavy atom. The number of carbonyl (C=O) groups excluding carboxylic acids is 1. The third-order valence-corrected chi connectivity index (χ3v) is 7.41. The molecule has 0 radical (unpaired) electrons. The molecular formula is C15H25NO3S. The van der Waals surface area contributed by atoms with Gasteiger partial charge in [-0.3, -0.25) is 4.79 Å². The molecule has 0 bridgehead atoms. The van der Waals surface area contributed by atoms with Gasteiger partial charge in [0.15, 0.2) is 0 Å². The second-order valence-electron chi connectivity index (χ2n) is 7.09. The van der Waals surface area contributed by atoms with E-state index in [0.717, 1.165) is 51.6 Å². The molecule has 4 nitrogen and oxygen atoms in total. The zero-order chi connectivity index (χ0) is 14.4. The maximum Gasteiger partial charge on any atom is 0.150 e. The number of hydrogen-bond donors (Lipinski definition) is 1. The topological polar surface area (TPSA) is 63.2 Å². The maximum atomic E-state index is 12.7. The van der Waals surface area contributed by atoms with Crippen molar-refractivity contribution in [3.05, 3.63) is 0 Å². The van der Waals surface area contributed by atoms with Crippen LogP contribution in [0.2, 0.25) is 0 Å². The normalized spacial score (nSPS) is 36.8. The van der Waals surface area contributed by atoms with Crippen LogP contribution in [0.4, 0.5) is 0 Å². The molecule has 3 atom stereocenters. The third-order valence-electron chi connectivity index (χ3n) is 5.77. The SMILES string of the molecule is CS(=O)(=O)C1CCCC(C(=O)C2CC23CCNCC3)C1. The largest absolute Gasteiger partial charge is 0.317 e. The van der Waals surface area contributed by atoms with Gasteiger partial charge < -0.3 is 5.32 Å². The lowest BCUT2D eigenvalue weighted by Crippen LogP contribution is -2.34. The van der Waals surface area contributed by atoms with Crippen molar-refractivity contribution < 1.29 is 13.2 Å². The van der Waals surface area contributed by atoms with Crippen molar-refractivity contribution in [2.24, 2.45) is 17.3 Å². The summed E-state index contributed by atoms with van der Waals surface area (Å²) in [5, 5.41) is 3.07. The lowest BCUT2D eigenvalue weighted by Gasteiger charge is -2.29. The van der Waals surface area contributed by atoms with Crippen LogP contribution in [-0.4, -0.2) is 38.8 Å². The van der Waals surface area contributed by atoms with Crippen LogP contribution in [0.15, 0.2) is 0 Å². The van der Waals surface area contributed by atoms with Gasteiger partial charge in [-0.15, -0.1) is 0 Å². The van der Waals surface area contributed by atoms with E-state index in [1.54, 1.807) is 0 Å². The molecule has 3 fully saturated rings. The Morgan fingerprint density at radius 2 is 1.90 bits per heavy atom. The minimum absolute atomic E-state index is 0.00253. The van der Waals surface area contributed by atoms with Crippen LogP contribution < -0.4 is 5.32 Å². The lowest BCUT2D eigenvalue weighted by atomic mass is 9.81. The first kappa shape index (κ1) is 14.5. The molecule has 1 spiro atoms. The van der Waals surface area contributed by atoms with Crippen LogP contribution in [0.1, 0.15) is 44.9 Å². The molecule has 1 saturated heterocycles. The van der Waals surface area contributed by atoms with Gasteiger partial charge in [-0.1, -0.05) is 6.42 Å². The molecule has 0 aromatic carbocycles. The molecule has 1 heterocycles. The van der Waals surface area contributed by atoms with E-state index in [1.165, 1.54) is 6.26 Å². The van der Waals surface area contributed by atoms with Crippen molar-refractivity contribution in [3.63, 3.8) is 0 Å². The van der Waals surface area contributed by atoms with Crippen LogP contribution >= 0.6 is 0 Å². The predicted octanol–water partition coefficient (Wildman–Crippen LogP) is 1.55. The van der Waals surface area contributed by atoms with Crippen molar-refractivity contribution >= 4 is 15.6 Å². The van der Waals surface area contributed by atoms with Gasteiger partial charge in [0.2, 0.25) is 0 Å². The molecule has 3 aliphatic rings. The number of hydrogen-bond acceptors (Lipinski definition) is 4. The van der Waals surface area contributed by atoms with E-state index < -0.39 is 9.84 Å². The Hall–Kier alpha value is -0.420. The standard InChI is InChI=1S/C15H25NO3S/c1-20(18,19)12-4-2-3-11(9-12)14(17)13-10-15(13)5-7-16-8-6-15/h11-13,16H,2-10H2,1H3. The van der Waals surface area contributed by atoms with Gasteiger partial charge in [0.05, 0.1) is 5.25 Å². The van der Waals surface area contributed by atoms with Gasteiger partial charge in [-0.2, -0.15) is 0 Å². The lowest BCUT2D eigenvalue weighted by molar-refractivity contribution is -0.126. The molecule has 5 heteroatoms. The number of rotatable bonds is 3. The van der Waals surface area contributed by atoms with Gasteiger partial charge in [-0.25, -0.2) is 8.42 Å². The van der Waals surface area contributed by atoms with Crippen LogP contribution in [-0.2, 0) is 14.6 Å². The smallest absolute Gasteiger partial charge is 0.150 e. The molecule has 20 heavy (non-hydrogen) atoms. The number of ketones is 1. The fraction of sp³-hybridized carbons (Fsp3) is 0.933. The van der Waals surface area contributed by atoms with Gasteiger partial charge >= 0.3 is 0 Å². The average molecular weight is 299 g/mol. The van der Waals surface area contributed by atoms with Crippen molar-refractivity contribution in [1.29, 1.82) is 0 Å². The first-order valence-electron chi connectivity index (χ1n) is 7.86. The molecule has 3 unspecified atom stereocenters. The van der Waals surface area contributed by atoms with E-state index in [1.807, 2.05) is 0 Å². The van der Waals surface area contributed by atoms with Crippen molar-refractivity contribution in [2.45, 2.75) is 50.2 Å². The van der Waals surface area contributed by atoms with Crippen molar-refractivity contribution in [1.82, 2.24) is 5.32 Å². The number of piperidine rings is 1. The molecule has 2 saturated carbocycles. The summed E-state index contributed by atoms with van der Waals surface area (Å²) in [6.45, 7) is 2.06. The van der Waals surface area contributed by atoms with E-state index >= 15 is 0 Å². The number of Topliss-reactive ketones (excluding diaryl/α,β-unsaturated/α-hetero) is 1. The molecular weight excluding hydrogens is 274 g/mol. The summed E-state index contributed by atoms with van der Waals surface area (Å²) >= 11 is 0.